The summed E-state index contributed by atoms with van der Waals surface area (Å²) < 4.78 is 0. The third-order valence-corrected chi connectivity index (χ3v) is 4.98. The van der Waals surface area contributed by atoms with E-state index < -0.39 is 35.9 Å². The molecule has 0 aromatic rings. The number of likely N-dealkylation sites (tertiary alicyclic amines) is 1. The standard InChI is InChI=1S/C16H28N4O5S/c1-3-9(2)13(19-12(21)7-17)15(23)20-6-4-5-11(20)14(22)18-10(8-26)16(24)25/h9-11,13,26H,3-8,17H2,1-2H3,(H,18,22)(H,19,21)(H,24,25). The Hall–Kier alpha value is -1.81. The summed E-state index contributed by atoms with van der Waals surface area (Å²) >= 11 is 3.92. The third kappa shape index (κ3) is 5.60. The molecule has 4 unspecified atom stereocenters. The van der Waals surface area contributed by atoms with E-state index in [1.807, 2.05) is 13.8 Å². The van der Waals surface area contributed by atoms with Crippen molar-refractivity contribution in [1.29, 1.82) is 0 Å². The van der Waals surface area contributed by atoms with E-state index in [2.05, 4.69) is 23.3 Å². The van der Waals surface area contributed by atoms with Crippen LogP contribution in [0.1, 0.15) is 33.1 Å². The van der Waals surface area contributed by atoms with Crippen LogP contribution in [0.2, 0.25) is 0 Å². The number of carboxylic acid groups (broad SMARTS) is 1. The van der Waals surface area contributed by atoms with E-state index in [0.717, 1.165) is 0 Å². The van der Waals surface area contributed by atoms with E-state index in [4.69, 9.17) is 10.8 Å². The van der Waals surface area contributed by atoms with E-state index in [1.165, 1.54) is 4.90 Å². The van der Waals surface area contributed by atoms with Gasteiger partial charge in [0.1, 0.15) is 18.1 Å². The number of nitrogens with two attached hydrogens (primary N) is 1. The van der Waals surface area contributed by atoms with Crippen molar-refractivity contribution in [3.63, 3.8) is 0 Å². The molecule has 1 fully saturated rings. The molecule has 0 radical (unpaired) electrons. The van der Waals surface area contributed by atoms with Gasteiger partial charge in [0.25, 0.3) is 0 Å². The minimum atomic E-state index is -1.18. The van der Waals surface area contributed by atoms with Crippen molar-refractivity contribution in [2.75, 3.05) is 18.8 Å². The van der Waals surface area contributed by atoms with Crippen molar-refractivity contribution < 1.29 is 24.3 Å². The first-order valence-corrected chi connectivity index (χ1v) is 9.33. The van der Waals surface area contributed by atoms with Gasteiger partial charge in [-0.3, -0.25) is 14.4 Å². The summed E-state index contributed by atoms with van der Waals surface area (Å²) in [7, 11) is 0. The number of nitrogens with one attached hydrogen (secondary N) is 2. The molecule has 1 aliphatic heterocycles. The number of aliphatic carboxylic acids is 1. The monoisotopic (exact) mass is 388 g/mol. The predicted molar refractivity (Wildman–Crippen MR) is 98.6 cm³/mol. The van der Waals surface area contributed by atoms with Crippen LogP contribution in [0.4, 0.5) is 0 Å². The second-order valence-electron chi connectivity index (χ2n) is 6.41. The zero-order valence-corrected chi connectivity index (χ0v) is 16.0. The van der Waals surface area contributed by atoms with Crippen molar-refractivity contribution in [3.8, 4) is 0 Å². The Labute approximate surface area is 158 Å². The predicted octanol–water partition coefficient (Wildman–Crippen LogP) is -1.03. The average molecular weight is 388 g/mol. The molecule has 1 saturated heterocycles. The van der Waals surface area contributed by atoms with Crippen LogP contribution in [0, 0.1) is 5.92 Å². The van der Waals surface area contributed by atoms with Gasteiger partial charge in [-0.25, -0.2) is 4.79 Å². The van der Waals surface area contributed by atoms with Crippen LogP contribution in [0.3, 0.4) is 0 Å². The van der Waals surface area contributed by atoms with Gasteiger partial charge in [-0.05, 0) is 18.8 Å². The number of carbonyl (C=O) groups is 4. The lowest BCUT2D eigenvalue weighted by Crippen LogP contribution is -2.57. The topological polar surface area (TPSA) is 142 Å². The number of amides is 3. The smallest absolute Gasteiger partial charge is 0.327 e. The average Bonchev–Trinajstić information content (AvgIpc) is 3.11. The minimum absolute atomic E-state index is 0.0518. The Morgan fingerprint density at radius 3 is 2.46 bits per heavy atom. The summed E-state index contributed by atoms with van der Waals surface area (Å²) in [6.45, 7) is 3.89. The molecule has 10 heteroatoms. The summed E-state index contributed by atoms with van der Waals surface area (Å²) in [4.78, 5) is 49.6. The lowest BCUT2D eigenvalue weighted by atomic mass is 9.97. The van der Waals surface area contributed by atoms with Crippen molar-refractivity contribution in [1.82, 2.24) is 15.5 Å². The van der Waals surface area contributed by atoms with E-state index in [0.29, 0.717) is 25.8 Å². The molecule has 0 aliphatic carbocycles. The molecule has 1 aliphatic rings. The first kappa shape index (κ1) is 22.2. The fourth-order valence-electron chi connectivity index (χ4n) is 2.85. The summed E-state index contributed by atoms with van der Waals surface area (Å²) in [5, 5.41) is 14.1. The molecular weight excluding hydrogens is 360 g/mol. The van der Waals surface area contributed by atoms with Crippen LogP contribution in [0.25, 0.3) is 0 Å². The Morgan fingerprint density at radius 2 is 1.96 bits per heavy atom. The third-order valence-electron chi connectivity index (χ3n) is 4.62. The Bertz CT molecular complexity index is 545. The summed E-state index contributed by atoms with van der Waals surface area (Å²) in [5.41, 5.74) is 5.33. The highest BCUT2D eigenvalue weighted by Gasteiger charge is 2.39. The molecule has 0 aromatic carbocycles. The minimum Gasteiger partial charge on any atom is -0.480 e. The van der Waals surface area contributed by atoms with E-state index in [-0.39, 0.29) is 24.1 Å². The van der Waals surface area contributed by atoms with E-state index in [1.54, 1.807) is 0 Å². The molecule has 0 saturated carbocycles. The Kier molecular flexibility index (Phi) is 8.86. The molecule has 3 amide bonds. The van der Waals surface area contributed by atoms with Gasteiger partial charge in [0.05, 0.1) is 6.54 Å². The zero-order valence-electron chi connectivity index (χ0n) is 15.1. The molecule has 9 nitrogen and oxygen atoms in total. The maximum absolute atomic E-state index is 13.0. The maximum Gasteiger partial charge on any atom is 0.327 e. The molecule has 0 bridgehead atoms. The zero-order chi connectivity index (χ0) is 19.9. The first-order chi connectivity index (χ1) is 12.3. The lowest BCUT2D eigenvalue weighted by molar-refractivity contribution is -0.144. The number of hydrogen-bond donors (Lipinski definition) is 5. The molecule has 1 heterocycles. The van der Waals surface area contributed by atoms with Gasteiger partial charge in [0.15, 0.2) is 0 Å². The number of thiol groups is 1. The summed E-state index contributed by atoms with van der Waals surface area (Å²) in [6.07, 6.45) is 1.72. The van der Waals surface area contributed by atoms with Crippen LogP contribution in [0.5, 0.6) is 0 Å². The summed E-state index contributed by atoms with van der Waals surface area (Å²) in [5.74, 6) is -2.68. The largest absolute Gasteiger partial charge is 0.480 e. The van der Waals surface area contributed by atoms with Crippen LogP contribution in [-0.4, -0.2) is 70.7 Å². The van der Waals surface area contributed by atoms with Gasteiger partial charge >= 0.3 is 5.97 Å². The van der Waals surface area contributed by atoms with Crippen LogP contribution >= 0.6 is 12.6 Å². The van der Waals surface area contributed by atoms with Crippen molar-refractivity contribution in [2.45, 2.75) is 51.2 Å². The second-order valence-corrected chi connectivity index (χ2v) is 6.77. The van der Waals surface area contributed by atoms with Crippen molar-refractivity contribution in [3.05, 3.63) is 0 Å². The molecule has 1 rings (SSSR count). The van der Waals surface area contributed by atoms with Crippen molar-refractivity contribution >= 4 is 36.3 Å². The van der Waals surface area contributed by atoms with Crippen LogP contribution < -0.4 is 16.4 Å². The highest BCUT2D eigenvalue weighted by molar-refractivity contribution is 7.80. The number of rotatable bonds is 9. The number of nitrogens with zero attached hydrogens (tertiary/aromatic N) is 1. The fraction of sp³-hybridized carbons (Fsp3) is 0.750. The molecular formula is C16H28N4O5S. The number of carboxylic acids is 1. The molecule has 4 atom stereocenters. The lowest BCUT2D eigenvalue weighted by Gasteiger charge is -2.31. The summed E-state index contributed by atoms with van der Waals surface area (Å²) in [6, 6.07) is -2.65. The molecule has 0 aromatic heterocycles. The maximum atomic E-state index is 13.0. The highest BCUT2D eigenvalue weighted by Crippen LogP contribution is 2.21. The SMILES string of the molecule is CCC(C)C(NC(=O)CN)C(=O)N1CCCC1C(=O)NC(CS)C(=O)O. The van der Waals surface area contributed by atoms with Gasteiger partial charge < -0.3 is 26.4 Å². The van der Waals surface area contributed by atoms with Crippen LogP contribution in [-0.2, 0) is 19.2 Å². The highest BCUT2D eigenvalue weighted by atomic mass is 32.1. The van der Waals surface area contributed by atoms with Gasteiger partial charge in [-0.15, -0.1) is 0 Å². The van der Waals surface area contributed by atoms with Gasteiger partial charge in [-0.1, -0.05) is 20.3 Å². The normalized spacial score (nSPS) is 20.2. The van der Waals surface area contributed by atoms with Crippen LogP contribution in [0.15, 0.2) is 0 Å². The Morgan fingerprint density at radius 1 is 1.31 bits per heavy atom. The molecule has 148 valence electrons. The van der Waals surface area contributed by atoms with Gasteiger partial charge in [0, 0.05) is 12.3 Å². The Balaban J connectivity index is 2.91. The molecule has 5 N–H and O–H groups in total. The quantitative estimate of drug-likeness (QED) is 0.320. The molecule has 0 spiro atoms. The second kappa shape index (κ2) is 10.4. The van der Waals surface area contributed by atoms with E-state index in [9.17, 15) is 19.2 Å². The van der Waals surface area contributed by atoms with Gasteiger partial charge in [-0.2, -0.15) is 12.6 Å². The van der Waals surface area contributed by atoms with Crippen molar-refractivity contribution in [2.24, 2.45) is 11.7 Å². The van der Waals surface area contributed by atoms with Gasteiger partial charge in [0.2, 0.25) is 17.7 Å². The first-order valence-electron chi connectivity index (χ1n) is 8.70. The fourth-order valence-corrected chi connectivity index (χ4v) is 3.10. The number of carbonyl (C=O) groups excluding carboxylic acids is 3. The number of hydrogen-bond acceptors (Lipinski definition) is 6. The molecule has 26 heavy (non-hydrogen) atoms. The van der Waals surface area contributed by atoms with E-state index >= 15 is 0 Å².